The highest BCUT2D eigenvalue weighted by Gasteiger charge is 2.30. The Kier molecular flexibility index (Phi) is 4.71. The fraction of sp³-hybridized carbons (Fsp3) is 0.176. The summed E-state index contributed by atoms with van der Waals surface area (Å²) in [6, 6.07) is 6.26. The molecule has 6 nitrogen and oxygen atoms in total. The maximum absolute atomic E-state index is 12.6. The lowest BCUT2D eigenvalue weighted by Crippen LogP contribution is -2.19. The van der Waals surface area contributed by atoms with Crippen molar-refractivity contribution in [2.24, 2.45) is 7.05 Å². The number of hydrogen-bond acceptors (Lipinski definition) is 7. The summed E-state index contributed by atoms with van der Waals surface area (Å²) >= 11 is 2.64. The molecule has 0 atom stereocenters. The third-order valence-corrected chi connectivity index (χ3v) is 5.75. The molecular formula is C17H11F3N4O2S2. The molecule has 1 aromatic carbocycles. The molecule has 4 rings (SSSR count). The number of aromatic nitrogens is 4. The molecular weight excluding hydrogens is 413 g/mol. The van der Waals surface area contributed by atoms with E-state index in [4.69, 9.17) is 4.52 Å². The highest BCUT2D eigenvalue weighted by atomic mass is 32.2. The molecule has 0 radical (unpaired) electrons. The van der Waals surface area contributed by atoms with Crippen molar-refractivity contribution in [1.29, 1.82) is 0 Å². The number of fused-ring (bicyclic) bond motifs is 1. The zero-order valence-corrected chi connectivity index (χ0v) is 15.9. The molecule has 0 saturated heterocycles. The highest BCUT2D eigenvalue weighted by molar-refractivity contribution is 7.98. The van der Waals surface area contributed by atoms with Crippen LogP contribution in [0.25, 0.3) is 21.6 Å². The SMILES string of the molecule is Cn1c(SCc2nc(-c3ccc(C(F)(F)F)cc3)no2)nc2sccc2c1=O. The number of nitrogens with zero attached hydrogens (tertiary/aromatic N) is 4. The lowest BCUT2D eigenvalue weighted by atomic mass is 10.1. The van der Waals surface area contributed by atoms with Crippen LogP contribution in [0.2, 0.25) is 0 Å². The van der Waals surface area contributed by atoms with Crippen LogP contribution in [0.1, 0.15) is 11.5 Å². The molecule has 0 fully saturated rings. The molecule has 0 amide bonds. The second kappa shape index (κ2) is 7.06. The molecule has 0 aliphatic carbocycles. The molecule has 11 heteroatoms. The fourth-order valence-corrected chi connectivity index (χ4v) is 4.09. The van der Waals surface area contributed by atoms with Crippen molar-refractivity contribution >= 4 is 33.3 Å². The molecule has 3 aromatic heterocycles. The first kappa shape index (κ1) is 18.7. The highest BCUT2D eigenvalue weighted by Crippen LogP contribution is 2.30. The van der Waals surface area contributed by atoms with Crippen molar-refractivity contribution in [3.63, 3.8) is 0 Å². The average Bonchev–Trinajstić information content (AvgIpc) is 3.32. The molecule has 0 aliphatic heterocycles. The summed E-state index contributed by atoms with van der Waals surface area (Å²) in [5.41, 5.74) is -0.463. The molecule has 0 aliphatic rings. The number of alkyl halides is 3. The van der Waals surface area contributed by atoms with Crippen LogP contribution in [-0.2, 0) is 19.0 Å². The summed E-state index contributed by atoms with van der Waals surface area (Å²) in [5, 5.41) is 6.69. The zero-order chi connectivity index (χ0) is 19.9. The van der Waals surface area contributed by atoms with Crippen molar-refractivity contribution < 1.29 is 17.7 Å². The van der Waals surface area contributed by atoms with Gasteiger partial charge >= 0.3 is 6.18 Å². The summed E-state index contributed by atoms with van der Waals surface area (Å²) in [5.74, 6) is 0.741. The molecule has 3 heterocycles. The summed E-state index contributed by atoms with van der Waals surface area (Å²) < 4.78 is 44.5. The predicted molar refractivity (Wildman–Crippen MR) is 99.2 cm³/mol. The van der Waals surface area contributed by atoms with E-state index in [1.807, 2.05) is 5.38 Å². The number of benzene rings is 1. The van der Waals surface area contributed by atoms with Gasteiger partial charge in [-0.25, -0.2) is 4.98 Å². The minimum Gasteiger partial charge on any atom is -0.338 e. The van der Waals surface area contributed by atoms with Crippen molar-refractivity contribution in [2.45, 2.75) is 17.1 Å². The minimum atomic E-state index is -4.40. The molecule has 0 bridgehead atoms. The van der Waals surface area contributed by atoms with E-state index in [-0.39, 0.29) is 23.0 Å². The van der Waals surface area contributed by atoms with Crippen LogP contribution in [0.4, 0.5) is 13.2 Å². The smallest absolute Gasteiger partial charge is 0.338 e. The van der Waals surface area contributed by atoms with Gasteiger partial charge in [-0.15, -0.1) is 11.3 Å². The van der Waals surface area contributed by atoms with E-state index in [2.05, 4.69) is 15.1 Å². The Morgan fingerprint density at radius 3 is 2.64 bits per heavy atom. The number of thioether (sulfide) groups is 1. The van der Waals surface area contributed by atoms with Gasteiger partial charge in [-0.05, 0) is 23.6 Å². The third kappa shape index (κ3) is 3.54. The predicted octanol–water partition coefficient (Wildman–Crippen LogP) is 4.36. The Morgan fingerprint density at radius 2 is 1.93 bits per heavy atom. The third-order valence-electron chi connectivity index (χ3n) is 3.93. The largest absolute Gasteiger partial charge is 0.416 e. The van der Waals surface area contributed by atoms with Crippen LogP contribution in [0, 0.1) is 0 Å². The van der Waals surface area contributed by atoms with Crippen LogP contribution in [-0.4, -0.2) is 19.7 Å². The second-order valence-corrected chi connectivity index (χ2v) is 7.61. The first-order valence-corrected chi connectivity index (χ1v) is 9.77. The van der Waals surface area contributed by atoms with E-state index in [1.54, 1.807) is 13.1 Å². The molecule has 0 spiro atoms. The van der Waals surface area contributed by atoms with Gasteiger partial charge in [-0.2, -0.15) is 18.2 Å². The van der Waals surface area contributed by atoms with Crippen LogP contribution in [0.3, 0.4) is 0 Å². The molecule has 144 valence electrons. The zero-order valence-electron chi connectivity index (χ0n) is 14.2. The van der Waals surface area contributed by atoms with E-state index >= 15 is 0 Å². The van der Waals surface area contributed by atoms with Crippen molar-refractivity contribution in [3.8, 4) is 11.4 Å². The van der Waals surface area contributed by atoms with Crippen LogP contribution in [0.5, 0.6) is 0 Å². The second-order valence-electron chi connectivity index (χ2n) is 5.77. The number of halogens is 3. The monoisotopic (exact) mass is 424 g/mol. The van der Waals surface area contributed by atoms with Crippen LogP contribution >= 0.6 is 23.1 Å². The van der Waals surface area contributed by atoms with Crippen molar-refractivity contribution in [2.75, 3.05) is 0 Å². The Labute approximate surface area is 164 Å². The van der Waals surface area contributed by atoms with E-state index < -0.39 is 11.7 Å². The number of thiophene rings is 1. The molecule has 0 saturated carbocycles. The lowest BCUT2D eigenvalue weighted by Gasteiger charge is -2.05. The van der Waals surface area contributed by atoms with Gasteiger partial charge in [0.15, 0.2) is 5.16 Å². The number of rotatable bonds is 4. The Balaban J connectivity index is 1.51. The molecule has 4 aromatic rings. The Bertz CT molecular complexity index is 1200. The van der Waals surface area contributed by atoms with Gasteiger partial charge in [0, 0.05) is 12.6 Å². The van der Waals surface area contributed by atoms with E-state index in [9.17, 15) is 18.0 Å². The van der Waals surface area contributed by atoms with Gasteiger partial charge < -0.3 is 4.52 Å². The lowest BCUT2D eigenvalue weighted by molar-refractivity contribution is -0.137. The molecule has 28 heavy (non-hydrogen) atoms. The minimum absolute atomic E-state index is 0.135. The maximum Gasteiger partial charge on any atom is 0.416 e. The summed E-state index contributed by atoms with van der Waals surface area (Å²) in [4.78, 5) is 21.6. The first-order valence-electron chi connectivity index (χ1n) is 7.90. The Hall–Kier alpha value is -2.66. The molecule has 0 N–H and O–H groups in total. The standard InChI is InChI=1S/C17H11F3N4O2S2/c1-24-15(25)11-6-7-27-14(11)22-16(24)28-8-12-21-13(23-26-12)9-2-4-10(5-3-9)17(18,19)20/h2-7H,8H2,1H3. The quantitative estimate of drug-likeness (QED) is 0.358. The Morgan fingerprint density at radius 1 is 1.18 bits per heavy atom. The van der Waals surface area contributed by atoms with Crippen molar-refractivity contribution in [3.05, 3.63) is 57.5 Å². The van der Waals surface area contributed by atoms with E-state index in [1.165, 1.54) is 39.8 Å². The van der Waals surface area contributed by atoms with Crippen molar-refractivity contribution in [1.82, 2.24) is 19.7 Å². The summed E-state index contributed by atoms with van der Waals surface area (Å²) in [7, 11) is 1.64. The van der Waals surface area contributed by atoms with Gasteiger partial charge in [-0.3, -0.25) is 9.36 Å². The van der Waals surface area contributed by atoms with Gasteiger partial charge in [0.2, 0.25) is 11.7 Å². The average molecular weight is 424 g/mol. The van der Waals surface area contributed by atoms with Crippen LogP contribution in [0.15, 0.2) is 50.2 Å². The van der Waals surface area contributed by atoms with Gasteiger partial charge in [0.05, 0.1) is 16.7 Å². The van der Waals surface area contributed by atoms with E-state index in [0.717, 1.165) is 12.1 Å². The van der Waals surface area contributed by atoms with Gasteiger partial charge in [0.25, 0.3) is 5.56 Å². The van der Waals surface area contributed by atoms with Gasteiger partial charge in [-0.1, -0.05) is 29.1 Å². The summed E-state index contributed by atoms with van der Waals surface area (Å²) in [6.45, 7) is 0. The topological polar surface area (TPSA) is 73.8 Å². The maximum atomic E-state index is 12.6. The van der Waals surface area contributed by atoms with Gasteiger partial charge in [0.1, 0.15) is 4.83 Å². The fourth-order valence-electron chi connectivity index (χ4n) is 2.47. The first-order chi connectivity index (χ1) is 13.3. The van der Waals surface area contributed by atoms with Crippen LogP contribution < -0.4 is 5.56 Å². The summed E-state index contributed by atoms with van der Waals surface area (Å²) in [6.07, 6.45) is -4.40. The normalized spacial score (nSPS) is 12.0. The van der Waals surface area contributed by atoms with E-state index in [0.29, 0.717) is 20.9 Å². The molecule has 0 unspecified atom stereocenters. The number of hydrogen-bond donors (Lipinski definition) is 0.